The van der Waals surface area contributed by atoms with Gasteiger partial charge in [-0.25, -0.2) is 4.98 Å². The number of benzene rings is 1. The van der Waals surface area contributed by atoms with Crippen molar-refractivity contribution in [3.63, 3.8) is 0 Å². The number of carbonyl (C=O) groups excluding carboxylic acids is 1. The van der Waals surface area contributed by atoms with Crippen molar-refractivity contribution < 1.29 is 4.79 Å². The van der Waals surface area contributed by atoms with E-state index in [2.05, 4.69) is 39.6 Å². The number of likely N-dealkylation sites (N-methyl/N-ethyl adjacent to an activating group) is 1. The van der Waals surface area contributed by atoms with E-state index in [4.69, 9.17) is 4.98 Å². The van der Waals surface area contributed by atoms with Crippen LogP contribution in [-0.4, -0.2) is 58.0 Å². The molecular formula is C20H31N5O. The Bertz CT molecular complexity index is 746. The molecule has 1 amide bonds. The van der Waals surface area contributed by atoms with Gasteiger partial charge in [0.1, 0.15) is 5.82 Å². The Kier molecular flexibility index (Phi) is 6.27. The van der Waals surface area contributed by atoms with E-state index in [-0.39, 0.29) is 5.91 Å². The fourth-order valence-corrected chi connectivity index (χ4v) is 3.65. The van der Waals surface area contributed by atoms with Crippen LogP contribution in [0.15, 0.2) is 18.2 Å². The fourth-order valence-electron chi connectivity index (χ4n) is 3.65. The van der Waals surface area contributed by atoms with Gasteiger partial charge in [0.15, 0.2) is 0 Å². The summed E-state index contributed by atoms with van der Waals surface area (Å²) in [5.74, 6) is 1.18. The van der Waals surface area contributed by atoms with Gasteiger partial charge in [0, 0.05) is 44.8 Å². The van der Waals surface area contributed by atoms with Gasteiger partial charge in [0.25, 0.3) is 0 Å². The summed E-state index contributed by atoms with van der Waals surface area (Å²) < 4.78 is 2.29. The summed E-state index contributed by atoms with van der Waals surface area (Å²) in [6, 6.07) is 6.05. The second-order valence-electron chi connectivity index (χ2n) is 6.98. The van der Waals surface area contributed by atoms with Gasteiger partial charge in [0.2, 0.25) is 5.91 Å². The van der Waals surface area contributed by atoms with Crippen molar-refractivity contribution in [2.75, 3.05) is 38.0 Å². The lowest BCUT2D eigenvalue weighted by atomic mass is 10.2. The van der Waals surface area contributed by atoms with Crippen LogP contribution in [0.5, 0.6) is 0 Å². The zero-order chi connectivity index (χ0) is 18.5. The van der Waals surface area contributed by atoms with Crippen LogP contribution in [0.1, 0.15) is 39.4 Å². The molecule has 0 atom stereocenters. The second kappa shape index (κ2) is 8.64. The Hall–Kier alpha value is -1.92. The highest BCUT2D eigenvalue weighted by atomic mass is 16.1. The van der Waals surface area contributed by atoms with Crippen molar-refractivity contribution in [3.05, 3.63) is 24.0 Å². The number of nitrogens with one attached hydrogen (secondary N) is 1. The minimum Gasteiger partial charge on any atom is -0.327 e. The maximum absolute atomic E-state index is 11.8. The Morgan fingerprint density at radius 3 is 2.46 bits per heavy atom. The highest BCUT2D eigenvalue weighted by Crippen LogP contribution is 2.22. The standard InChI is InChI=1S/C20H31N5O/c1-4-7-20(26)21-16-8-9-18-17(14-16)22-19(25(18)6-3)15-24-12-10-23(5-2)11-13-24/h8-9,14H,4-7,10-13,15H2,1-3H3,(H,21,26). The molecule has 1 saturated heterocycles. The number of aromatic nitrogens is 2. The molecule has 2 heterocycles. The third-order valence-electron chi connectivity index (χ3n) is 5.18. The number of anilines is 1. The predicted molar refractivity (Wildman–Crippen MR) is 106 cm³/mol. The van der Waals surface area contributed by atoms with Gasteiger partial charge in [0.05, 0.1) is 17.6 Å². The summed E-state index contributed by atoms with van der Waals surface area (Å²) in [5.41, 5.74) is 2.94. The largest absolute Gasteiger partial charge is 0.327 e. The average molecular weight is 358 g/mol. The molecule has 1 fully saturated rings. The molecule has 3 rings (SSSR count). The second-order valence-corrected chi connectivity index (χ2v) is 6.98. The molecule has 0 bridgehead atoms. The van der Waals surface area contributed by atoms with Crippen LogP contribution in [0.2, 0.25) is 0 Å². The van der Waals surface area contributed by atoms with Crippen LogP contribution in [0, 0.1) is 0 Å². The molecule has 0 unspecified atom stereocenters. The van der Waals surface area contributed by atoms with Crippen molar-refractivity contribution in [2.24, 2.45) is 0 Å². The Morgan fingerprint density at radius 1 is 1.08 bits per heavy atom. The molecule has 6 nitrogen and oxygen atoms in total. The van der Waals surface area contributed by atoms with Gasteiger partial charge < -0.3 is 14.8 Å². The third-order valence-corrected chi connectivity index (χ3v) is 5.18. The summed E-state index contributed by atoms with van der Waals surface area (Å²) in [6.07, 6.45) is 1.41. The van der Waals surface area contributed by atoms with E-state index >= 15 is 0 Å². The molecule has 0 aliphatic carbocycles. The van der Waals surface area contributed by atoms with E-state index in [0.29, 0.717) is 6.42 Å². The number of carbonyl (C=O) groups is 1. The molecule has 1 aromatic carbocycles. The minimum atomic E-state index is 0.0655. The van der Waals surface area contributed by atoms with Gasteiger partial charge in [-0.05, 0) is 38.1 Å². The van der Waals surface area contributed by atoms with E-state index in [1.807, 2.05) is 19.1 Å². The SMILES string of the molecule is CCCC(=O)Nc1ccc2c(c1)nc(CN1CCN(CC)CC1)n2CC. The molecule has 142 valence electrons. The van der Waals surface area contributed by atoms with Crippen molar-refractivity contribution in [2.45, 2.75) is 46.7 Å². The molecule has 1 aliphatic rings. The fraction of sp³-hybridized carbons (Fsp3) is 0.600. The molecule has 2 aromatic rings. The maximum atomic E-state index is 11.8. The van der Waals surface area contributed by atoms with Gasteiger partial charge in [-0.15, -0.1) is 0 Å². The normalized spacial score (nSPS) is 16.3. The first-order chi connectivity index (χ1) is 12.6. The smallest absolute Gasteiger partial charge is 0.224 e. The molecule has 0 radical (unpaired) electrons. The molecule has 1 N–H and O–H groups in total. The van der Waals surface area contributed by atoms with Gasteiger partial charge >= 0.3 is 0 Å². The number of aryl methyl sites for hydroxylation is 1. The maximum Gasteiger partial charge on any atom is 0.224 e. The topological polar surface area (TPSA) is 53.4 Å². The first kappa shape index (κ1) is 18.9. The number of amides is 1. The first-order valence-electron chi connectivity index (χ1n) is 9.88. The van der Waals surface area contributed by atoms with Crippen LogP contribution in [-0.2, 0) is 17.9 Å². The van der Waals surface area contributed by atoms with Crippen LogP contribution >= 0.6 is 0 Å². The van der Waals surface area contributed by atoms with Crippen LogP contribution in [0.4, 0.5) is 5.69 Å². The Labute approximate surface area is 156 Å². The lowest BCUT2D eigenvalue weighted by molar-refractivity contribution is -0.116. The van der Waals surface area contributed by atoms with Gasteiger partial charge in [-0.2, -0.15) is 0 Å². The molecule has 0 spiro atoms. The predicted octanol–water partition coefficient (Wildman–Crippen LogP) is 2.93. The van der Waals surface area contributed by atoms with Crippen LogP contribution < -0.4 is 5.32 Å². The lowest BCUT2D eigenvalue weighted by Gasteiger charge is -2.33. The number of rotatable bonds is 7. The molecular weight excluding hydrogens is 326 g/mol. The van der Waals surface area contributed by atoms with E-state index in [0.717, 1.165) is 74.8 Å². The van der Waals surface area contributed by atoms with Gasteiger partial charge in [-0.3, -0.25) is 9.69 Å². The molecule has 26 heavy (non-hydrogen) atoms. The molecule has 1 aromatic heterocycles. The molecule has 1 aliphatic heterocycles. The van der Waals surface area contributed by atoms with Crippen LogP contribution in [0.3, 0.4) is 0 Å². The summed E-state index contributed by atoms with van der Waals surface area (Å²) in [7, 11) is 0. The zero-order valence-electron chi connectivity index (χ0n) is 16.3. The van der Waals surface area contributed by atoms with Crippen molar-refractivity contribution in [1.82, 2.24) is 19.4 Å². The third kappa shape index (κ3) is 4.24. The summed E-state index contributed by atoms with van der Waals surface area (Å²) in [5, 5.41) is 2.97. The van der Waals surface area contributed by atoms with E-state index in [1.165, 1.54) is 0 Å². The number of hydrogen-bond acceptors (Lipinski definition) is 4. The van der Waals surface area contributed by atoms with Gasteiger partial charge in [-0.1, -0.05) is 13.8 Å². The average Bonchev–Trinajstić information content (AvgIpc) is 2.98. The number of fused-ring (bicyclic) bond motifs is 1. The quantitative estimate of drug-likeness (QED) is 0.828. The van der Waals surface area contributed by atoms with Crippen molar-refractivity contribution in [3.8, 4) is 0 Å². The highest BCUT2D eigenvalue weighted by Gasteiger charge is 2.19. The van der Waals surface area contributed by atoms with Crippen molar-refractivity contribution in [1.29, 1.82) is 0 Å². The summed E-state index contributed by atoms with van der Waals surface area (Å²) in [6.45, 7) is 13.8. The first-order valence-corrected chi connectivity index (χ1v) is 9.88. The monoisotopic (exact) mass is 357 g/mol. The van der Waals surface area contributed by atoms with Crippen molar-refractivity contribution >= 4 is 22.6 Å². The summed E-state index contributed by atoms with van der Waals surface area (Å²) in [4.78, 5) is 21.7. The Balaban J connectivity index is 1.76. The number of hydrogen-bond donors (Lipinski definition) is 1. The Morgan fingerprint density at radius 2 is 1.81 bits per heavy atom. The number of imidazole rings is 1. The van der Waals surface area contributed by atoms with E-state index in [1.54, 1.807) is 0 Å². The minimum absolute atomic E-state index is 0.0655. The number of piperazine rings is 1. The lowest BCUT2D eigenvalue weighted by Crippen LogP contribution is -2.45. The molecule has 0 saturated carbocycles. The van der Waals surface area contributed by atoms with E-state index in [9.17, 15) is 4.79 Å². The highest BCUT2D eigenvalue weighted by molar-refractivity contribution is 5.93. The van der Waals surface area contributed by atoms with Crippen LogP contribution in [0.25, 0.3) is 11.0 Å². The molecule has 6 heteroatoms. The van der Waals surface area contributed by atoms with E-state index < -0.39 is 0 Å². The zero-order valence-corrected chi connectivity index (χ0v) is 16.3. The number of nitrogens with zero attached hydrogens (tertiary/aromatic N) is 4. The summed E-state index contributed by atoms with van der Waals surface area (Å²) >= 11 is 0.